The molecule has 0 aliphatic carbocycles. The van der Waals surface area contributed by atoms with Gasteiger partial charge in [0.2, 0.25) is 5.91 Å². The maximum atomic E-state index is 13.4. The minimum atomic E-state index is -0.558. The quantitative estimate of drug-likeness (QED) is 0.399. The Morgan fingerprint density at radius 2 is 1.69 bits per heavy atom. The highest BCUT2D eigenvalue weighted by Crippen LogP contribution is 2.20. The molecule has 2 aromatic carbocycles. The van der Waals surface area contributed by atoms with E-state index in [4.69, 9.17) is 0 Å². The van der Waals surface area contributed by atoms with Gasteiger partial charge in [0.15, 0.2) is 0 Å². The first kappa shape index (κ1) is 22.3. The van der Waals surface area contributed by atoms with Crippen LogP contribution in [0.5, 0.6) is 0 Å². The number of hydrogen-bond donors (Lipinski definition) is 2. The molecule has 176 valence electrons. The lowest BCUT2D eigenvalue weighted by atomic mass is 10.1. The molecule has 0 fully saturated rings. The largest absolute Gasteiger partial charge is 0.361 e. The third-order valence-corrected chi connectivity index (χ3v) is 6.31. The molecule has 0 bridgehead atoms. The van der Waals surface area contributed by atoms with E-state index in [1.165, 1.54) is 15.3 Å². The van der Waals surface area contributed by atoms with Crippen LogP contribution in [0, 0.1) is 13.8 Å². The highest BCUT2D eigenvalue weighted by atomic mass is 16.2. The molecule has 0 aliphatic heterocycles. The maximum Gasteiger partial charge on any atom is 0.333 e. The Balaban J connectivity index is 1.51. The number of nitrogens with zero attached hydrogens (tertiary/aromatic N) is 3. The number of anilines is 1. The van der Waals surface area contributed by atoms with Crippen molar-refractivity contribution in [2.75, 3.05) is 5.32 Å². The predicted octanol–water partition coefficient (Wildman–Crippen LogP) is 3.54. The molecule has 0 atom stereocenters. The number of benzene rings is 2. The normalized spacial score (nSPS) is 11.3. The number of hydrogen-bond acceptors (Lipinski definition) is 4. The SMILES string of the molecule is Cc1cccc(C)c1NC(=O)Cn1c(=O)n(CCc2c[nH]c3ccccc23)c(=O)c2cccnc21. The molecule has 0 saturated heterocycles. The van der Waals surface area contributed by atoms with E-state index in [-0.39, 0.29) is 24.6 Å². The molecular weight excluding hydrogens is 442 g/mol. The Hall–Kier alpha value is -4.46. The number of fused-ring (bicyclic) bond motifs is 2. The van der Waals surface area contributed by atoms with Crippen molar-refractivity contribution in [1.82, 2.24) is 19.1 Å². The average molecular weight is 468 g/mol. The first-order chi connectivity index (χ1) is 16.9. The number of aryl methyl sites for hydroxylation is 3. The molecule has 1 amide bonds. The molecule has 35 heavy (non-hydrogen) atoms. The summed E-state index contributed by atoms with van der Waals surface area (Å²) in [5.74, 6) is -0.363. The summed E-state index contributed by atoms with van der Waals surface area (Å²) in [6, 6.07) is 16.9. The number of para-hydroxylation sites is 2. The topological polar surface area (TPSA) is 102 Å². The fraction of sp³-hybridized carbons (Fsp3) is 0.185. The summed E-state index contributed by atoms with van der Waals surface area (Å²) in [4.78, 5) is 47.1. The number of amides is 1. The van der Waals surface area contributed by atoms with E-state index in [2.05, 4.69) is 15.3 Å². The predicted molar refractivity (Wildman–Crippen MR) is 137 cm³/mol. The molecule has 8 heteroatoms. The van der Waals surface area contributed by atoms with E-state index in [1.54, 1.807) is 12.1 Å². The van der Waals surface area contributed by atoms with Crippen molar-refractivity contribution < 1.29 is 4.79 Å². The summed E-state index contributed by atoms with van der Waals surface area (Å²) in [7, 11) is 0. The number of rotatable bonds is 6. The lowest BCUT2D eigenvalue weighted by Gasteiger charge is -2.15. The van der Waals surface area contributed by atoms with Crippen LogP contribution >= 0.6 is 0 Å². The van der Waals surface area contributed by atoms with Gasteiger partial charge in [-0.3, -0.25) is 18.7 Å². The Morgan fingerprint density at radius 1 is 0.943 bits per heavy atom. The van der Waals surface area contributed by atoms with Crippen molar-refractivity contribution in [3.8, 4) is 0 Å². The van der Waals surface area contributed by atoms with Gasteiger partial charge in [-0.25, -0.2) is 9.78 Å². The smallest absolute Gasteiger partial charge is 0.333 e. The van der Waals surface area contributed by atoms with Crippen LogP contribution in [0.3, 0.4) is 0 Å². The minimum Gasteiger partial charge on any atom is -0.361 e. The van der Waals surface area contributed by atoms with Crippen molar-refractivity contribution in [3.63, 3.8) is 0 Å². The molecule has 5 rings (SSSR count). The average Bonchev–Trinajstić information content (AvgIpc) is 3.27. The second kappa shape index (κ2) is 9.06. The number of pyridine rings is 1. The maximum absolute atomic E-state index is 13.4. The third kappa shape index (κ3) is 4.14. The summed E-state index contributed by atoms with van der Waals surface area (Å²) in [6.45, 7) is 3.75. The van der Waals surface area contributed by atoms with Crippen LogP contribution < -0.4 is 16.6 Å². The van der Waals surface area contributed by atoms with Crippen LogP contribution in [0.25, 0.3) is 21.9 Å². The Labute approximate surface area is 200 Å². The highest BCUT2D eigenvalue weighted by molar-refractivity contribution is 5.93. The summed E-state index contributed by atoms with van der Waals surface area (Å²) < 4.78 is 2.47. The first-order valence-electron chi connectivity index (χ1n) is 11.4. The molecule has 8 nitrogen and oxygen atoms in total. The fourth-order valence-electron chi connectivity index (χ4n) is 4.49. The van der Waals surface area contributed by atoms with Gasteiger partial charge in [0.05, 0.1) is 5.39 Å². The summed E-state index contributed by atoms with van der Waals surface area (Å²) >= 11 is 0. The summed E-state index contributed by atoms with van der Waals surface area (Å²) in [5, 5.41) is 4.26. The fourth-order valence-corrected chi connectivity index (χ4v) is 4.49. The zero-order chi connectivity index (χ0) is 24.5. The molecular formula is C27H25N5O3. The van der Waals surface area contributed by atoms with Gasteiger partial charge >= 0.3 is 5.69 Å². The van der Waals surface area contributed by atoms with Crippen molar-refractivity contribution in [1.29, 1.82) is 0 Å². The second-order valence-electron chi connectivity index (χ2n) is 8.62. The number of carbonyl (C=O) groups excluding carboxylic acids is 1. The molecule has 0 saturated carbocycles. The highest BCUT2D eigenvalue weighted by Gasteiger charge is 2.17. The zero-order valence-corrected chi connectivity index (χ0v) is 19.5. The number of aromatic amines is 1. The first-order valence-corrected chi connectivity index (χ1v) is 11.4. The van der Waals surface area contributed by atoms with Gasteiger partial charge in [0.25, 0.3) is 5.56 Å². The van der Waals surface area contributed by atoms with Crippen LogP contribution in [0.2, 0.25) is 0 Å². The number of aromatic nitrogens is 4. The number of H-pyrrole nitrogens is 1. The van der Waals surface area contributed by atoms with E-state index in [0.717, 1.165) is 33.3 Å². The van der Waals surface area contributed by atoms with E-state index in [9.17, 15) is 14.4 Å². The van der Waals surface area contributed by atoms with Gasteiger partial charge in [-0.1, -0.05) is 36.4 Å². The molecule has 5 aromatic rings. The molecule has 0 unspecified atom stereocenters. The molecule has 3 aromatic heterocycles. The molecule has 2 N–H and O–H groups in total. The van der Waals surface area contributed by atoms with E-state index >= 15 is 0 Å². The Morgan fingerprint density at radius 3 is 2.49 bits per heavy atom. The van der Waals surface area contributed by atoms with Gasteiger partial charge < -0.3 is 10.3 Å². The zero-order valence-electron chi connectivity index (χ0n) is 19.5. The monoisotopic (exact) mass is 467 g/mol. The number of carbonyl (C=O) groups is 1. The Bertz CT molecular complexity index is 1670. The van der Waals surface area contributed by atoms with Gasteiger partial charge in [0, 0.05) is 35.5 Å². The van der Waals surface area contributed by atoms with E-state index in [1.807, 2.05) is 62.5 Å². The molecule has 3 heterocycles. The van der Waals surface area contributed by atoms with Crippen LogP contribution in [0.1, 0.15) is 16.7 Å². The molecule has 0 radical (unpaired) electrons. The second-order valence-corrected chi connectivity index (χ2v) is 8.62. The van der Waals surface area contributed by atoms with Crippen LogP contribution in [0.4, 0.5) is 5.69 Å². The summed E-state index contributed by atoms with van der Waals surface area (Å²) in [5.41, 5.74) is 3.81. The minimum absolute atomic E-state index is 0.183. The van der Waals surface area contributed by atoms with Crippen LogP contribution in [0.15, 0.2) is 76.6 Å². The molecule has 0 spiro atoms. The standard InChI is InChI=1S/C27H25N5O3/c1-17-7-5-8-18(2)24(17)30-23(33)16-32-25-21(10-6-13-28-25)26(34)31(27(32)35)14-12-19-15-29-22-11-4-3-9-20(19)22/h3-11,13,15,29H,12,14,16H2,1-2H3,(H,30,33). The number of nitrogens with one attached hydrogen (secondary N) is 2. The van der Waals surface area contributed by atoms with Crippen molar-refractivity contribution >= 4 is 33.5 Å². The molecule has 0 aliphatic rings. The van der Waals surface area contributed by atoms with E-state index in [0.29, 0.717) is 11.8 Å². The van der Waals surface area contributed by atoms with Gasteiger partial charge in [-0.2, -0.15) is 0 Å². The Kier molecular flexibility index (Phi) is 5.78. The van der Waals surface area contributed by atoms with Crippen LogP contribution in [-0.4, -0.2) is 25.0 Å². The summed E-state index contributed by atoms with van der Waals surface area (Å²) in [6.07, 6.45) is 3.89. The van der Waals surface area contributed by atoms with Crippen molar-refractivity contribution in [3.05, 3.63) is 105 Å². The van der Waals surface area contributed by atoms with Gasteiger partial charge in [-0.15, -0.1) is 0 Å². The lowest BCUT2D eigenvalue weighted by Crippen LogP contribution is -2.42. The lowest BCUT2D eigenvalue weighted by molar-refractivity contribution is -0.116. The van der Waals surface area contributed by atoms with E-state index < -0.39 is 11.2 Å². The van der Waals surface area contributed by atoms with Crippen LogP contribution in [-0.2, 0) is 24.3 Å². The van der Waals surface area contributed by atoms with Gasteiger partial charge in [-0.05, 0) is 55.2 Å². The van der Waals surface area contributed by atoms with Crippen molar-refractivity contribution in [2.24, 2.45) is 0 Å². The van der Waals surface area contributed by atoms with Crippen molar-refractivity contribution in [2.45, 2.75) is 33.4 Å². The third-order valence-electron chi connectivity index (χ3n) is 6.31. The van der Waals surface area contributed by atoms with Gasteiger partial charge in [0.1, 0.15) is 12.2 Å².